The Morgan fingerprint density at radius 2 is 1.77 bits per heavy atom. The molecule has 0 bridgehead atoms. The molecule has 2 aromatic heterocycles. The van der Waals surface area contributed by atoms with Crippen molar-refractivity contribution in [1.29, 1.82) is 0 Å². The van der Waals surface area contributed by atoms with Gasteiger partial charge in [0.05, 0.1) is 23.6 Å². The number of nitrogens with one attached hydrogen (secondary N) is 2. The van der Waals surface area contributed by atoms with Gasteiger partial charge in [0.2, 0.25) is 5.88 Å². The molecule has 52 heavy (non-hydrogen) atoms. The minimum atomic E-state index is -0.821. The van der Waals surface area contributed by atoms with Crippen LogP contribution in [0.15, 0.2) is 18.5 Å². The summed E-state index contributed by atoms with van der Waals surface area (Å²) in [5.41, 5.74) is 0.498. The van der Waals surface area contributed by atoms with Crippen LogP contribution in [0.4, 0.5) is 4.79 Å². The molecule has 1 aliphatic carbocycles. The lowest BCUT2D eigenvalue weighted by Crippen LogP contribution is -2.51. The fourth-order valence-electron chi connectivity index (χ4n) is 6.92. The van der Waals surface area contributed by atoms with Gasteiger partial charge < -0.3 is 39.2 Å². The molecule has 0 aromatic carbocycles. The molecular formula is C39H59N5O8. The average Bonchev–Trinajstić information content (AvgIpc) is 3.63. The summed E-state index contributed by atoms with van der Waals surface area (Å²) in [5.74, 6) is 0.865. The third-order valence-electron chi connectivity index (χ3n) is 9.99. The molecule has 2 N–H and O–H groups in total. The van der Waals surface area contributed by atoms with E-state index < -0.39 is 35.2 Å². The second-order valence-corrected chi connectivity index (χ2v) is 16.7. The smallest absolute Gasteiger partial charge is 0.408 e. The van der Waals surface area contributed by atoms with Gasteiger partial charge in [-0.1, -0.05) is 33.6 Å². The minimum absolute atomic E-state index is 0.0808. The number of aromatic nitrogens is 2. The molecule has 2 saturated heterocycles. The number of pyridine rings is 2. The van der Waals surface area contributed by atoms with Crippen LogP contribution in [0.25, 0.3) is 10.9 Å². The van der Waals surface area contributed by atoms with Crippen LogP contribution in [-0.2, 0) is 30.2 Å². The lowest BCUT2D eigenvalue weighted by Gasteiger charge is -2.32. The van der Waals surface area contributed by atoms with Gasteiger partial charge in [0.15, 0.2) is 0 Å². The van der Waals surface area contributed by atoms with Crippen LogP contribution in [0.3, 0.4) is 0 Å². The highest BCUT2D eigenvalue weighted by atomic mass is 16.6. The number of unbranched alkanes of at least 4 members (excludes halogenated alkanes) is 2. The summed E-state index contributed by atoms with van der Waals surface area (Å²) < 4.78 is 29.6. The van der Waals surface area contributed by atoms with Gasteiger partial charge in [0.1, 0.15) is 41.7 Å². The number of ether oxygens (including phenoxy) is 5. The molecule has 0 spiro atoms. The van der Waals surface area contributed by atoms with E-state index in [-0.39, 0.29) is 24.3 Å². The standard InChI is InChI=1S/C39H59N5O8/c1-38(2,3)33(36(46)52-39(4,5)6)43-37(47)51-31-20-24(31)12-10-9-11-13-27-32(49-25-15-18-44(7)19-16-25)28-23-40-17-14-29(28)42-34(27)50-26-21-30(41-22-26)35(45)48-8/h14,17,23-26,30-31,33,41H,9-13,15-16,18-22H2,1-8H3,(H,43,47). The summed E-state index contributed by atoms with van der Waals surface area (Å²) in [6.07, 6.45) is 10.3. The Labute approximate surface area is 308 Å². The highest BCUT2D eigenvalue weighted by Gasteiger charge is 2.42. The summed E-state index contributed by atoms with van der Waals surface area (Å²) in [6.45, 7) is 13.5. The SMILES string of the molecule is COC(=O)C1CC(Oc2nc3ccncc3c(OC3CCN(C)CC3)c2CCCCCC2CC2OC(=O)NC(C(=O)OC(C)(C)C)C(C)(C)C)CN1. The Morgan fingerprint density at radius 3 is 2.46 bits per heavy atom. The van der Waals surface area contributed by atoms with Crippen LogP contribution < -0.4 is 20.1 Å². The monoisotopic (exact) mass is 725 g/mol. The molecule has 13 nitrogen and oxygen atoms in total. The van der Waals surface area contributed by atoms with E-state index >= 15 is 0 Å². The Balaban J connectivity index is 1.19. The summed E-state index contributed by atoms with van der Waals surface area (Å²) in [5, 5.41) is 6.84. The van der Waals surface area contributed by atoms with Gasteiger partial charge in [0, 0.05) is 38.4 Å². The zero-order chi connectivity index (χ0) is 37.6. The van der Waals surface area contributed by atoms with Crippen molar-refractivity contribution in [1.82, 2.24) is 25.5 Å². The summed E-state index contributed by atoms with van der Waals surface area (Å²) in [7, 11) is 3.53. The van der Waals surface area contributed by atoms with Crippen molar-refractivity contribution in [3.63, 3.8) is 0 Å². The molecule has 288 valence electrons. The van der Waals surface area contributed by atoms with E-state index in [0.717, 1.165) is 80.3 Å². The van der Waals surface area contributed by atoms with Crippen LogP contribution in [0.2, 0.25) is 0 Å². The van der Waals surface area contributed by atoms with Gasteiger partial charge in [-0.3, -0.25) is 9.78 Å². The van der Waals surface area contributed by atoms with Gasteiger partial charge in [-0.05, 0) is 83.7 Å². The first-order chi connectivity index (χ1) is 24.6. The maximum atomic E-state index is 12.8. The zero-order valence-electron chi connectivity index (χ0n) is 32.3. The zero-order valence-corrected chi connectivity index (χ0v) is 32.3. The van der Waals surface area contributed by atoms with Crippen molar-refractivity contribution in [3.05, 3.63) is 24.0 Å². The number of rotatable bonds is 14. The number of likely N-dealkylation sites (tertiary alicyclic amines) is 1. The number of carbonyl (C=O) groups excluding carboxylic acids is 3. The maximum Gasteiger partial charge on any atom is 0.408 e. The number of piperidine rings is 1. The molecule has 3 aliphatic rings. The van der Waals surface area contributed by atoms with Crippen LogP contribution in [0.5, 0.6) is 11.6 Å². The van der Waals surface area contributed by atoms with E-state index in [1.54, 1.807) is 27.0 Å². The number of hydrogen-bond donors (Lipinski definition) is 2. The summed E-state index contributed by atoms with van der Waals surface area (Å²) in [6, 6.07) is 0.648. The summed E-state index contributed by atoms with van der Waals surface area (Å²) >= 11 is 0. The van der Waals surface area contributed by atoms with Crippen molar-refractivity contribution in [3.8, 4) is 11.6 Å². The highest BCUT2D eigenvalue weighted by Crippen LogP contribution is 2.40. The third kappa shape index (κ3) is 10.9. The summed E-state index contributed by atoms with van der Waals surface area (Å²) in [4.78, 5) is 49.5. The topological polar surface area (TPSA) is 150 Å². The third-order valence-corrected chi connectivity index (χ3v) is 9.99. The average molecular weight is 726 g/mol. The van der Waals surface area contributed by atoms with Crippen LogP contribution >= 0.6 is 0 Å². The molecule has 2 aliphatic heterocycles. The van der Waals surface area contributed by atoms with E-state index in [1.165, 1.54) is 7.11 Å². The predicted octanol–water partition coefficient (Wildman–Crippen LogP) is 5.36. The number of fused-ring (bicyclic) bond motifs is 1. The van der Waals surface area contributed by atoms with Crippen LogP contribution in [0.1, 0.15) is 98.5 Å². The lowest BCUT2D eigenvalue weighted by molar-refractivity contribution is -0.160. The number of carbonyl (C=O) groups is 3. The van der Waals surface area contributed by atoms with E-state index in [4.69, 9.17) is 28.7 Å². The minimum Gasteiger partial charge on any atom is -0.489 e. The van der Waals surface area contributed by atoms with Gasteiger partial charge in [0.25, 0.3) is 0 Å². The fraction of sp³-hybridized carbons (Fsp3) is 0.718. The number of hydrogen-bond acceptors (Lipinski definition) is 12. The predicted molar refractivity (Wildman–Crippen MR) is 196 cm³/mol. The molecule has 2 aromatic rings. The lowest BCUT2D eigenvalue weighted by atomic mass is 9.86. The van der Waals surface area contributed by atoms with Gasteiger partial charge in [-0.15, -0.1) is 0 Å². The van der Waals surface area contributed by atoms with Crippen LogP contribution in [-0.4, -0.2) is 103 Å². The molecule has 3 fully saturated rings. The Morgan fingerprint density at radius 1 is 1.02 bits per heavy atom. The van der Waals surface area contributed by atoms with E-state index in [1.807, 2.05) is 33.0 Å². The van der Waals surface area contributed by atoms with Gasteiger partial charge >= 0.3 is 18.0 Å². The number of esters is 2. The molecule has 5 rings (SSSR count). The van der Waals surface area contributed by atoms with E-state index in [2.05, 4.69) is 27.6 Å². The largest absolute Gasteiger partial charge is 0.489 e. The second-order valence-electron chi connectivity index (χ2n) is 16.7. The molecule has 13 heteroatoms. The number of amides is 1. The first kappa shape index (κ1) is 39.5. The number of nitrogens with zero attached hydrogens (tertiary/aromatic N) is 3. The number of methoxy groups -OCH3 is 1. The number of alkyl carbamates (subject to hydrolysis) is 1. The van der Waals surface area contributed by atoms with E-state index in [9.17, 15) is 14.4 Å². The molecule has 1 saturated carbocycles. The van der Waals surface area contributed by atoms with Crippen molar-refractivity contribution in [2.24, 2.45) is 11.3 Å². The molecule has 1 amide bonds. The molecule has 0 radical (unpaired) electrons. The van der Waals surface area contributed by atoms with Crippen molar-refractivity contribution < 1.29 is 38.1 Å². The molecule has 4 heterocycles. The Hall–Kier alpha value is -3.71. The van der Waals surface area contributed by atoms with Crippen molar-refractivity contribution in [2.45, 2.75) is 135 Å². The maximum absolute atomic E-state index is 12.8. The Kier molecular flexibility index (Phi) is 12.9. The van der Waals surface area contributed by atoms with E-state index in [0.29, 0.717) is 31.2 Å². The quantitative estimate of drug-likeness (QED) is 0.147. The fourth-order valence-corrected chi connectivity index (χ4v) is 6.92. The van der Waals surface area contributed by atoms with Crippen molar-refractivity contribution >= 4 is 28.9 Å². The first-order valence-electron chi connectivity index (χ1n) is 18.9. The van der Waals surface area contributed by atoms with Crippen LogP contribution in [0, 0.1) is 11.3 Å². The van der Waals surface area contributed by atoms with Gasteiger partial charge in [-0.25, -0.2) is 14.6 Å². The normalized spacial score (nSPS) is 23.2. The van der Waals surface area contributed by atoms with Crippen molar-refractivity contribution in [2.75, 3.05) is 33.8 Å². The highest BCUT2D eigenvalue weighted by molar-refractivity contribution is 5.87. The molecule has 5 atom stereocenters. The molecular weight excluding hydrogens is 666 g/mol. The first-order valence-corrected chi connectivity index (χ1v) is 18.9. The van der Waals surface area contributed by atoms with Gasteiger partial charge in [-0.2, -0.15) is 0 Å². The second kappa shape index (κ2) is 17.0. The molecule has 5 unspecified atom stereocenters. The Bertz CT molecular complexity index is 1550.